The van der Waals surface area contributed by atoms with Crippen molar-refractivity contribution in [3.63, 3.8) is 0 Å². The van der Waals surface area contributed by atoms with Gasteiger partial charge in [0.2, 0.25) is 0 Å². The van der Waals surface area contributed by atoms with E-state index >= 15 is 0 Å². The van der Waals surface area contributed by atoms with E-state index in [1.54, 1.807) is 23.5 Å². The molecular formula is C12H10INOS. The summed E-state index contributed by atoms with van der Waals surface area (Å²) in [4.78, 5) is 12.1. The van der Waals surface area contributed by atoms with Gasteiger partial charge >= 0.3 is 0 Å². The molecule has 4 heteroatoms. The van der Waals surface area contributed by atoms with Gasteiger partial charge in [0.15, 0.2) is 5.78 Å². The van der Waals surface area contributed by atoms with Crippen LogP contribution < -0.4 is 5.73 Å². The molecule has 2 rings (SSSR count). The minimum atomic E-state index is 0.0577. The average Bonchev–Trinajstić information content (AvgIpc) is 2.68. The third-order valence-electron chi connectivity index (χ3n) is 2.36. The Balaban J connectivity index is 2.38. The van der Waals surface area contributed by atoms with E-state index < -0.39 is 0 Å². The van der Waals surface area contributed by atoms with Crippen LogP contribution in [0.2, 0.25) is 0 Å². The van der Waals surface area contributed by atoms with Gasteiger partial charge in [-0.2, -0.15) is 0 Å². The summed E-state index contributed by atoms with van der Waals surface area (Å²) >= 11 is 3.79. The topological polar surface area (TPSA) is 43.1 Å². The minimum Gasteiger partial charge on any atom is -0.399 e. The third-order valence-corrected chi connectivity index (χ3v) is 4.15. The first-order valence-corrected chi connectivity index (χ1v) is 6.68. The average molecular weight is 343 g/mol. The molecule has 1 aromatic heterocycles. The number of aryl methyl sites for hydroxylation is 1. The molecule has 0 radical (unpaired) electrons. The number of rotatable bonds is 2. The highest BCUT2D eigenvalue weighted by atomic mass is 127. The van der Waals surface area contributed by atoms with Crippen LogP contribution in [0.1, 0.15) is 21.5 Å². The lowest BCUT2D eigenvalue weighted by Gasteiger charge is -2.03. The van der Waals surface area contributed by atoms with Crippen molar-refractivity contribution in [1.29, 1.82) is 0 Å². The van der Waals surface area contributed by atoms with Crippen LogP contribution in [0.3, 0.4) is 0 Å². The van der Waals surface area contributed by atoms with Gasteiger partial charge in [0.1, 0.15) is 0 Å². The monoisotopic (exact) mass is 343 g/mol. The number of halogens is 1. The Bertz CT molecular complexity index is 548. The number of hydrogen-bond donors (Lipinski definition) is 1. The fraction of sp³-hybridized carbons (Fsp3) is 0.0833. The van der Waals surface area contributed by atoms with E-state index in [4.69, 9.17) is 5.73 Å². The molecule has 82 valence electrons. The molecule has 0 atom stereocenters. The van der Waals surface area contributed by atoms with Crippen molar-refractivity contribution in [2.45, 2.75) is 6.92 Å². The van der Waals surface area contributed by atoms with Crippen molar-refractivity contribution in [3.8, 4) is 0 Å². The molecule has 0 saturated carbocycles. The Morgan fingerprint density at radius 1 is 1.31 bits per heavy atom. The Kier molecular flexibility index (Phi) is 3.30. The molecule has 1 aromatic carbocycles. The lowest BCUT2D eigenvalue weighted by Crippen LogP contribution is -2.01. The minimum absolute atomic E-state index is 0.0577. The summed E-state index contributed by atoms with van der Waals surface area (Å²) < 4.78 is 1.12. The molecule has 0 saturated heterocycles. The molecule has 0 fully saturated rings. The smallest absolute Gasteiger partial charge is 0.193 e. The summed E-state index contributed by atoms with van der Waals surface area (Å²) in [5.74, 6) is 0.0577. The fourth-order valence-corrected chi connectivity index (χ4v) is 2.74. The zero-order valence-electron chi connectivity index (χ0n) is 8.66. The second-order valence-corrected chi connectivity index (χ2v) is 6.35. The molecular weight excluding hydrogens is 333 g/mol. The molecule has 16 heavy (non-hydrogen) atoms. The van der Waals surface area contributed by atoms with E-state index in [2.05, 4.69) is 22.6 Å². The molecule has 2 nitrogen and oxygen atoms in total. The standard InChI is InChI=1S/C12H10INOS/c1-7-4-8(2-3-10(7)14)12(15)9-5-11(13)16-6-9/h2-6H,14H2,1H3. The van der Waals surface area contributed by atoms with Crippen molar-refractivity contribution < 1.29 is 4.79 Å². The zero-order chi connectivity index (χ0) is 11.7. The van der Waals surface area contributed by atoms with Gasteiger partial charge in [-0.05, 0) is 59.3 Å². The molecule has 0 aliphatic carbocycles. The number of hydrogen-bond acceptors (Lipinski definition) is 3. The van der Waals surface area contributed by atoms with E-state index in [0.29, 0.717) is 5.56 Å². The molecule has 0 aliphatic heterocycles. The van der Waals surface area contributed by atoms with Gasteiger partial charge < -0.3 is 5.73 Å². The molecule has 2 aromatic rings. The van der Waals surface area contributed by atoms with Crippen LogP contribution in [0.5, 0.6) is 0 Å². The van der Waals surface area contributed by atoms with Crippen LogP contribution in [0.25, 0.3) is 0 Å². The van der Waals surface area contributed by atoms with Crippen molar-refractivity contribution in [2.75, 3.05) is 5.73 Å². The second-order valence-electron chi connectivity index (χ2n) is 3.54. The highest BCUT2D eigenvalue weighted by Crippen LogP contribution is 2.21. The Morgan fingerprint density at radius 2 is 2.06 bits per heavy atom. The predicted molar refractivity (Wildman–Crippen MR) is 76.1 cm³/mol. The Labute approximate surface area is 112 Å². The van der Waals surface area contributed by atoms with Crippen molar-refractivity contribution in [1.82, 2.24) is 0 Å². The van der Waals surface area contributed by atoms with Crippen molar-refractivity contribution in [2.24, 2.45) is 0 Å². The van der Waals surface area contributed by atoms with E-state index in [-0.39, 0.29) is 5.78 Å². The Morgan fingerprint density at radius 3 is 2.62 bits per heavy atom. The van der Waals surface area contributed by atoms with Crippen LogP contribution in [-0.2, 0) is 0 Å². The number of nitrogen functional groups attached to an aromatic ring is 1. The number of anilines is 1. The van der Waals surface area contributed by atoms with Crippen molar-refractivity contribution >= 4 is 45.4 Å². The number of ketones is 1. The highest BCUT2D eigenvalue weighted by Gasteiger charge is 2.11. The number of thiophene rings is 1. The summed E-state index contributed by atoms with van der Waals surface area (Å²) in [5.41, 5.74) is 8.82. The van der Waals surface area contributed by atoms with Crippen molar-refractivity contribution in [3.05, 3.63) is 49.2 Å². The van der Waals surface area contributed by atoms with E-state index in [1.807, 2.05) is 24.4 Å². The van der Waals surface area contributed by atoms with E-state index in [0.717, 1.165) is 19.7 Å². The van der Waals surface area contributed by atoms with Gasteiger partial charge in [0.05, 0.1) is 2.88 Å². The SMILES string of the molecule is Cc1cc(C(=O)c2csc(I)c2)ccc1N. The van der Waals surface area contributed by atoms with Crippen LogP contribution in [0, 0.1) is 9.81 Å². The lowest BCUT2D eigenvalue weighted by molar-refractivity contribution is 0.103. The van der Waals surface area contributed by atoms with Gasteiger partial charge in [0.25, 0.3) is 0 Å². The number of benzene rings is 1. The maximum absolute atomic E-state index is 12.1. The summed E-state index contributed by atoms with van der Waals surface area (Å²) in [7, 11) is 0. The summed E-state index contributed by atoms with van der Waals surface area (Å²) in [6.45, 7) is 1.91. The first-order valence-electron chi connectivity index (χ1n) is 4.73. The van der Waals surface area contributed by atoms with Crippen LogP contribution in [0.15, 0.2) is 29.6 Å². The van der Waals surface area contributed by atoms with E-state index in [9.17, 15) is 4.79 Å². The molecule has 1 heterocycles. The summed E-state index contributed by atoms with van der Waals surface area (Å²) in [5, 5.41) is 1.88. The number of nitrogens with two attached hydrogens (primary N) is 1. The largest absolute Gasteiger partial charge is 0.399 e. The van der Waals surface area contributed by atoms with Gasteiger partial charge in [-0.1, -0.05) is 0 Å². The maximum Gasteiger partial charge on any atom is 0.193 e. The number of carbonyl (C=O) groups excluding carboxylic acids is 1. The Hall–Kier alpha value is -0.880. The highest BCUT2D eigenvalue weighted by molar-refractivity contribution is 14.1. The summed E-state index contributed by atoms with van der Waals surface area (Å²) in [6, 6.07) is 7.29. The molecule has 0 aliphatic rings. The van der Waals surface area contributed by atoms with Crippen LogP contribution >= 0.6 is 33.9 Å². The van der Waals surface area contributed by atoms with E-state index in [1.165, 1.54) is 0 Å². The molecule has 0 unspecified atom stereocenters. The van der Waals surface area contributed by atoms with Gasteiger partial charge in [-0.3, -0.25) is 4.79 Å². The first kappa shape index (κ1) is 11.6. The quantitative estimate of drug-likeness (QED) is 0.515. The lowest BCUT2D eigenvalue weighted by atomic mass is 10.0. The van der Waals surface area contributed by atoms with Gasteiger partial charge in [-0.25, -0.2) is 0 Å². The molecule has 0 bridgehead atoms. The third kappa shape index (κ3) is 2.27. The van der Waals surface area contributed by atoms with Gasteiger partial charge in [0, 0.05) is 22.2 Å². The van der Waals surface area contributed by atoms with Crippen LogP contribution in [0.4, 0.5) is 5.69 Å². The molecule has 0 spiro atoms. The van der Waals surface area contributed by atoms with Gasteiger partial charge in [-0.15, -0.1) is 11.3 Å². The number of carbonyl (C=O) groups is 1. The summed E-state index contributed by atoms with van der Waals surface area (Å²) in [6.07, 6.45) is 0. The predicted octanol–water partition coefficient (Wildman–Crippen LogP) is 3.47. The van der Waals surface area contributed by atoms with Crippen LogP contribution in [-0.4, -0.2) is 5.78 Å². The second kappa shape index (κ2) is 4.55. The first-order chi connectivity index (χ1) is 7.58. The fourth-order valence-electron chi connectivity index (χ4n) is 1.41. The maximum atomic E-state index is 12.1. The zero-order valence-corrected chi connectivity index (χ0v) is 11.6. The molecule has 0 amide bonds. The normalized spacial score (nSPS) is 10.4. The molecule has 2 N–H and O–H groups in total.